The number of fused-ring (bicyclic) bond motifs is 1. The second-order valence-electron chi connectivity index (χ2n) is 6.02. The van der Waals surface area contributed by atoms with Crippen molar-refractivity contribution in [1.29, 1.82) is 0 Å². The van der Waals surface area contributed by atoms with Crippen LogP contribution < -0.4 is 21.1 Å². The van der Waals surface area contributed by atoms with E-state index in [-0.39, 0.29) is 11.5 Å². The number of benzene rings is 2. The van der Waals surface area contributed by atoms with Gasteiger partial charge in [-0.1, -0.05) is 24.3 Å². The van der Waals surface area contributed by atoms with E-state index >= 15 is 0 Å². The monoisotopic (exact) mass is 366 g/mol. The molecule has 0 aliphatic heterocycles. The van der Waals surface area contributed by atoms with E-state index in [2.05, 4.69) is 15.8 Å². The molecule has 1 amide bonds. The van der Waals surface area contributed by atoms with Crippen LogP contribution in [0.15, 0.2) is 53.3 Å². The number of methoxy groups -OCH3 is 1. The van der Waals surface area contributed by atoms with Crippen LogP contribution in [0, 0.1) is 0 Å². The summed E-state index contributed by atoms with van der Waals surface area (Å²) in [7, 11) is 1.62. The third-order valence-electron chi connectivity index (χ3n) is 4.29. The molecule has 0 bridgehead atoms. The lowest BCUT2D eigenvalue weighted by Crippen LogP contribution is -2.34. The Kier molecular flexibility index (Phi) is 5.71. The summed E-state index contributed by atoms with van der Waals surface area (Å²) in [4.78, 5) is 29.1. The van der Waals surface area contributed by atoms with Gasteiger partial charge >= 0.3 is 0 Å². The van der Waals surface area contributed by atoms with Gasteiger partial charge in [0.2, 0.25) is 11.9 Å². The molecule has 0 aliphatic rings. The number of carbonyl (C=O) groups excluding carboxylic acids is 1. The van der Waals surface area contributed by atoms with E-state index in [1.807, 2.05) is 37.3 Å². The van der Waals surface area contributed by atoms with Gasteiger partial charge in [-0.3, -0.25) is 25.0 Å². The Labute approximate surface area is 157 Å². The molecule has 1 heterocycles. The van der Waals surface area contributed by atoms with Crippen molar-refractivity contribution in [3.63, 3.8) is 0 Å². The number of nitrogens with one attached hydrogen (secondary N) is 2. The second-order valence-corrected chi connectivity index (χ2v) is 6.02. The van der Waals surface area contributed by atoms with Gasteiger partial charge in [-0.25, -0.2) is 4.98 Å². The predicted octanol–water partition coefficient (Wildman–Crippen LogP) is 2.50. The van der Waals surface area contributed by atoms with Crippen LogP contribution in [0.3, 0.4) is 0 Å². The fourth-order valence-electron chi connectivity index (χ4n) is 2.80. The first-order chi connectivity index (χ1) is 13.1. The molecule has 27 heavy (non-hydrogen) atoms. The van der Waals surface area contributed by atoms with Gasteiger partial charge in [0.05, 0.1) is 18.0 Å². The number of hydrazine groups is 1. The van der Waals surface area contributed by atoms with Gasteiger partial charge in [0.1, 0.15) is 5.75 Å². The molecular formula is C20H22N4O3. The molecule has 2 aromatic carbocycles. The third-order valence-corrected chi connectivity index (χ3v) is 4.29. The highest BCUT2D eigenvalue weighted by molar-refractivity contribution is 5.80. The highest BCUT2D eigenvalue weighted by atomic mass is 16.5. The van der Waals surface area contributed by atoms with Crippen molar-refractivity contribution in [3.05, 3.63) is 64.4 Å². The van der Waals surface area contributed by atoms with E-state index in [9.17, 15) is 9.59 Å². The number of aromatic nitrogens is 2. The number of aryl methyl sites for hydroxylation is 1. The van der Waals surface area contributed by atoms with Crippen molar-refractivity contribution in [3.8, 4) is 5.75 Å². The van der Waals surface area contributed by atoms with Gasteiger partial charge in [-0.05, 0) is 43.2 Å². The molecule has 2 N–H and O–H groups in total. The number of nitrogens with zero attached hydrogens (tertiary/aromatic N) is 2. The minimum atomic E-state index is -0.184. The molecule has 1 aromatic heterocycles. The second kappa shape index (κ2) is 8.35. The van der Waals surface area contributed by atoms with E-state index in [0.717, 1.165) is 11.3 Å². The summed E-state index contributed by atoms with van der Waals surface area (Å²) in [6.07, 6.45) is 0.909. The maximum atomic E-state index is 12.5. The third kappa shape index (κ3) is 4.25. The number of hydrogen-bond acceptors (Lipinski definition) is 5. The van der Waals surface area contributed by atoms with Gasteiger partial charge < -0.3 is 4.74 Å². The summed E-state index contributed by atoms with van der Waals surface area (Å²) in [5.74, 6) is 0.916. The number of rotatable bonds is 7. The molecule has 140 valence electrons. The van der Waals surface area contributed by atoms with E-state index in [1.54, 1.807) is 25.3 Å². The van der Waals surface area contributed by atoms with Crippen molar-refractivity contribution >= 4 is 22.8 Å². The number of amides is 1. The number of carbonyl (C=O) groups is 1. The average molecular weight is 366 g/mol. The van der Waals surface area contributed by atoms with Crippen LogP contribution in [0.5, 0.6) is 5.75 Å². The number of anilines is 1. The van der Waals surface area contributed by atoms with Gasteiger partial charge in [-0.15, -0.1) is 0 Å². The Morgan fingerprint density at radius 1 is 1.15 bits per heavy atom. The quantitative estimate of drug-likeness (QED) is 0.628. The first kappa shape index (κ1) is 18.4. The summed E-state index contributed by atoms with van der Waals surface area (Å²) in [5, 5.41) is 0.552. The molecule has 0 saturated heterocycles. The molecule has 3 rings (SSSR count). The molecule has 0 saturated carbocycles. The molecular weight excluding hydrogens is 344 g/mol. The number of para-hydroxylation sites is 1. The molecule has 0 unspecified atom stereocenters. The largest absolute Gasteiger partial charge is 0.497 e. The van der Waals surface area contributed by atoms with Gasteiger partial charge in [0, 0.05) is 13.0 Å². The first-order valence-corrected chi connectivity index (χ1v) is 8.79. The maximum Gasteiger partial charge on any atom is 0.262 e. The van der Waals surface area contributed by atoms with Gasteiger partial charge in [-0.2, -0.15) is 0 Å². The maximum absolute atomic E-state index is 12.5. The molecule has 7 nitrogen and oxygen atoms in total. The van der Waals surface area contributed by atoms with Crippen LogP contribution in [0.4, 0.5) is 5.95 Å². The summed E-state index contributed by atoms with van der Waals surface area (Å²) in [5.41, 5.74) is 6.89. The van der Waals surface area contributed by atoms with Crippen molar-refractivity contribution < 1.29 is 9.53 Å². The lowest BCUT2D eigenvalue weighted by molar-refractivity contribution is -0.120. The molecule has 0 spiro atoms. The Morgan fingerprint density at radius 2 is 1.89 bits per heavy atom. The lowest BCUT2D eigenvalue weighted by atomic mass is 10.1. The smallest absolute Gasteiger partial charge is 0.262 e. The number of hydrogen-bond donors (Lipinski definition) is 2. The number of ether oxygens (including phenoxy) is 1. The molecule has 0 atom stereocenters. The molecule has 7 heteroatoms. The normalized spacial score (nSPS) is 10.6. The zero-order chi connectivity index (χ0) is 19.2. The Balaban J connectivity index is 1.65. The van der Waals surface area contributed by atoms with Gasteiger partial charge in [0.15, 0.2) is 0 Å². The highest BCUT2D eigenvalue weighted by Crippen LogP contribution is 2.13. The summed E-state index contributed by atoms with van der Waals surface area (Å²) in [6, 6.07) is 14.7. The van der Waals surface area contributed by atoms with E-state index in [1.165, 1.54) is 4.57 Å². The minimum absolute atomic E-state index is 0.141. The van der Waals surface area contributed by atoms with Gasteiger partial charge in [0.25, 0.3) is 5.56 Å². The average Bonchev–Trinajstić information content (AvgIpc) is 2.71. The van der Waals surface area contributed by atoms with Crippen LogP contribution in [-0.4, -0.2) is 22.6 Å². The van der Waals surface area contributed by atoms with Crippen LogP contribution >= 0.6 is 0 Å². The van der Waals surface area contributed by atoms with Crippen molar-refractivity contribution in [2.24, 2.45) is 0 Å². The van der Waals surface area contributed by atoms with Crippen molar-refractivity contribution in [1.82, 2.24) is 15.0 Å². The SMILES string of the molecule is CCn1c(NNC(=O)CCc2ccc(OC)cc2)nc2ccccc2c1=O. The highest BCUT2D eigenvalue weighted by Gasteiger charge is 2.10. The molecule has 0 fully saturated rings. The fraction of sp³-hybridized carbons (Fsp3) is 0.250. The molecule has 0 aliphatic carbocycles. The summed E-state index contributed by atoms with van der Waals surface area (Å²) >= 11 is 0. The minimum Gasteiger partial charge on any atom is -0.497 e. The fourth-order valence-corrected chi connectivity index (χ4v) is 2.80. The Bertz CT molecular complexity index is 996. The molecule has 3 aromatic rings. The zero-order valence-corrected chi connectivity index (χ0v) is 15.4. The summed E-state index contributed by atoms with van der Waals surface area (Å²) in [6.45, 7) is 2.30. The standard InChI is InChI=1S/C20H22N4O3/c1-3-24-19(26)16-6-4-5-7-17(16)21-20(24)23-22-18(25)13-10-14-8-11-15(27-2)12-9-14/h4-9,11-12H,3,10,13H2,1-2H3,(H,21,23)(H,22,25). The van der Waals surface area contributed by atoms with E-state index in [0.29, 0.717) is 36.2 Å². The van der Waals surface area contributed by atoms with Crippen molar-refractivity contribution in [2.45, 2.75) is 26.3 Å². The Morgan fingerprint density at radius 3 is 2.59 bits per heavy atom. The topological polar surface area (TPSA) is 85.2 Å². The van der Waals surface area contributed by atoms with E-state index < -0.39 is 0 Å². The first-order valence-electron chi connectivity index (χ1n) is 8.79. The van der Waals surface area contributed by atoms with E-state index in [4.69, 9.17) is 4.74 Å². The van der Waals surface area contributed by atoms with Crippen molar-refractivity contribution in [2.75, 3.05) is 12.5 Å². The van der Waals surface area contributed by atoms with Crippen LogP contribution in [0.2, 0.25) is 0 Å². The predicted molar refractivity (Wildman–Crippen MR) is 105 cm³/mol. The Hall–Kier alpha value is -3.35. The van der Waals surface area contributed by atoms with Crippen LogP contribution in [-0.2, 0) is 17.8 Å². The molecule has 0 radical (unpaired) electrons. The van der Waals surface area contributed by atoms with Crippen LogP contribution in [0.25, 0.3) is 10.9 Å². The summed E-state index contributed by atoms with van der Waals surface area (Å²) < 4.78 is 6.61. The van der Waals surface area contributed by atoms with Crippen LogP contribution in [0.1, 0.15) is 18.9 Å². The zero-order valence-electron chi connectivity index (χ0n) is 15.4. The lowest BCUT2D eigenvalue weighted by Gasteiger charge is -2.14.